The SMILES string of the molecule is Cc1ccc(-c2cn(C)nc2C(C)(C)C)c(N)c1. The Morgan fingerprint density at radius 3 is 2.39 bits per heavy atom. The molecule has 0 bridgehead atoms. The lowest BCUT2D eigenvalue weighted by atomic mass is 9.87. The molecule has 0 fully saturated rings. The van der Waals surface area contributed by atoms with Gasteiger partial charge in [0.1, 0.15) is 0 Å². The monoisotopic (exact) mass is 243 g/mol. The summed E-state index contributed by atoms with van der Waals surface area (Å²) in [5, 5.41) is 4.58. The molecule has 0 saturated carbocycles. The van der Waals surface area contributed by atoms with Crippen LogP contribution in [0.3, 0.4) is 0 Å². The zero-order chi connectivity index (χ0) is 13.5. The Labute approximate surface area is 109 Å². The van der Waals surface area contributed by atoms with Crippen LogP contribution in [0.2, 0.25) is 0 Å². The number of anilines is 1. The standard InChI is InChI=1S/C15H21N3/c1-10-6-7-11(13(16)8-10)12-9-18(5)17-14(12)15(2,3)4/h6-9H,16H2,1-5H3. The van der Waals surface area contributed by atoms with E-state index in [2.05, 4.69) is 38.0 Å². The molecule has 0 aliphatic heterocycles. The molecule has 2 N–H and O–H groups in total. The summed E-state index contributed by atoms with van der Waals surface area (Å²) in [7, 11) is 1.95. The van der Waals surface area contributed by atoms with Crippen molar-refractivity contribution in [3.63, 3.8) is 0 Å². The van der Waals surface area contributed by atoms with Gasteiger partial charge in [0.05, 0.1) is 5.69 Å². The number of nitrogens with two attached hydrogens (primary N) is 1. The summed E-state index contributed by atoms with van der Waals surface area (Å²) < 4.78 is 1.86. The zero-order valence-electron chi connectivity index (χ0n) is 11.8. The summed E-state index contributed by atoms with van der Waals surface area (Å²) in [6, 6.07) is 6.18. The van der Waals surface area contributed by atoms with Crippen LogP contribution in [0.15, 0.2) is 24.4 Å². The molecule has 3 nitrogen and oxygen atoms in total. The second kappa shape index (κ2) is 4.16. The third kappa shape index (κ3) is 2.26. The number of rotatable bonds is 1. The van der Waals surface area contributed by atoms with Crippen LogP contribution in [0.5, 0.6) is 0 Å². The molecule has 1 aromatic heterocycles. The van der Waals surface area contributed by atoms with Gasteiger partial charge < -0.3 is 5.73 Å². The van der Waals surface area contributed by atoms with E-state index < -0.39 is 0 Å². The van der Waals surface area contributed by atoms with Crippen molar-refractivity contribution >= 4 is 5.69 Å². The first-order valence-corrected chi connectivity index (χ1v) is 6.19. The predicted octanol–water partition coefficient (Wildman–Crippen LogP) is 3.28. The molecule has 2 aromatic rings. The minimum Gasteiger partial charge on any atom is -0.398 e. The Morgan fingerprint density at radius 2 is 1.83 bits per heavy atom. The molecule has 0 radical (unpaired) electrons. The number of hydrogen-bond acceptors (Lipinski definition) is 2. The van der Waals surface area contributed by atoms with Gasteiger partial charge >= 0.3 is 0 Å². The Balaban J connectivity index is 2.64. The Hall–Kier alpha value is -1.77. The van der Waals surface area contributed by atoms with Crippen molar-refractivity contribution in [1.82, 2.24) is 9.78 Å². The smallest absolute Gasteiger partial charge is 0.0756 e. The van der Waals surface area contributed by atoms with Crippen molar-refractivity contribution < 1.29 is 0 Å². The Bertz CT molecular complexity index is 574. The van der Waals surface area contributed by atoms with Crippen molar-refractivity contribution in [1.29, 1.82) is 0 Å². The van der Waals surface area contributed by atoms with Gasteiger partial charge in [-0.2, -0.15) is 5.10 Å². The third-order valence-electron chi connectivity index (χ3n) is 3.04. The second-order valence-corrected chi connectivity index (χ2v) is 5.91. The number of nitrogen functional groups attached to an aromatic ring is 1. The van der Waals surface area contributed by atoms with E-state index in [1.165, 1.54) is 5.56 Å². The molecule has 0 spiro atoms. The fraction of sp³-hybridized carbons (Fsp3) is 0.400. The first-order valence-electron chi connectivity index (χ1n) is 6.19. The fourth-order valence-corrected chi connectivity index (χ4v) is 2.17. The summed E-state index contributed by atoms with van der Waals surface area (Å²) in [5.74, 6) is 0. The normalized spacial score (nSPS) is 11.8. The van der Waals surface area contributed by atoms with Gasteiger partial charge in [-0.05, 0) is 18.6 Å². The molecule has 2 rings (SSSR count). The van der Waals surface area contributed by atoms with E-state index in [0.29, 0.717) is 0 Å². The highest BCUT2D eigenvalue weighted by atomic mass is 15.3. The van der Waals surface area contributed by atoms with Crippen LogP contribution in [0.4, 0.5) is 5.69 Å². The van der Waals surface area contributed by atoms with E-state index in [0.717, 1.165) is 22.5 Å². The van der Waals surface area contributed by atoms with E-state index in [1.807, 2.05) is 30.9 Å². The highest BCUT2D eigenvalue weighted by molar-refractivity contribution is 5.78. The summed E-state index contributed by atoms with van der Waals surface area (Å²) >= 11 is 0. The highest BCUT2D eigenvalue weighted by Gasteiger charge is 2.23. The first kappa shape index (κ1) is 12.7. The van der Waals surface area contributed by atoms with E-state index in [4.69, 9.17) is 5.73 Å². The van der Waals surface area contributed by atoms with E-state index in [9.17, 15) is 0 Å². The van der Waals surface area contributed by atoms with Gasteiger partial charge in [-0.15, -0.1) is 0 Å². The quantitative estimate of drug-likeness (QED) is 0.781. The van der Waals surface area contributed by atoms with Crippen molar-refractivity contribution in [2.24, 2.45) is 7.05 Å². The second-order valence-electron chi connectivity index (χ2n) is 5.91. The number of hydrogen-bond donors (Lipinski definition) is 1. The Kier molecular flexibility index (Phi) is 2.93. The highest BCUT2D eigenvalue weighted by Crippen LogP contribution is 2.34. The molecule has 1 aromatic carbocycles. The van der Waals surface area contributed by atoms with Crippen LogP contribution >= 0.6 is 0 Å². The molecule has 1 heterocycles. The van der Waals surface area contributed by atoms with Gasteiger partial charge in [0.25, 0.3) is 0 Å². The lowest BCUT2D eigenvalue weighted by molar-refractivity contribution is 0.554. The van der Waals surface area contributed by atoms with Crippen LogP contribution in [0.25, 0.3) is 11.1 Å². The van der Waals surface area contributed by atoms with Crippen LogP contribution in [-0.4, -0.2) is 9.78 Å². The maximum Gasteiger partial charge on any atom is 0.0756 e. The van der Waals surface area contributed by atoms with Crippen LogP contribution in [0, 0.1) is 6.92 Å². The van der Waals surface area contributed by atoms with Gasteiger partial charge in [-0.1, -0.05) is 32.9 Å². The largest absolute Gasteiger partial charge is 0.398 e. The van der Waals surface area contributed by atoms with E-state index >= 15 is 0 Å². The lowest BCUT2D eigenvalue weighted by Crippen LogP contribution is -2.14. The average Bonchev–Trinajstić information content (AvgIpc) is 2.59. The van der Waals surface area contributed by atoms with Crippen molar-refractivity contribution in [2.75, 3.05) is 5.73 Å². The van der Waals surface area contributed by atoms with Crippen LogP contribution < -0.4 is 5.73 Å². The molecule has 0 aliphatic carbocycles. The topological polar surface area (TPSA) is 43.8 Å². The van der Waals surface area contributed by atoms with Gasteiger partial charge in [-0.3, -0.25) is 4.68 Å². The molecular formula is C15H21N3. The summed E-state index contributed by atoms with van der Waals surface area (Å²) in [6.45, 7) is 8.56. The fourth-order valence-electron chi connectivity index (χ4n) is 2.17. The summed E-state index contributed by atoms with van der Waals surface area (Å²) in [4.78, 5) is 0. The molecule has 3 heteroatoms. The lowest BCUT2D eigenvalue weighted by Gasteiger charge is -2.18. The number of benzene rings is 1. The number of nitrogens with zero attached hydrogens (tertiary/aromatic N) is 2. The number of aromatic nitrogens is 2. The van der Waals surface area contributed by atoms with E-state index in [-0.39, 0.29) is 5.41 Å². The summed E-state index contributed by atoms with van der Waals surface area (Å²) in [5.41, 5.74) is 11.4. The maximum atomic E-state index is 6.14. The maximum absolute atomic E-state index is 6.14. The van der Waals surface area contributed by atoms with Gasteiger partial charge in [0.15, 0.2) is 0 Å². The molecule has 0 atom stereocenters. The van der Waals surface area contributed by atoms with Gasteiger partial charge in [-0.25, -0.2) is 0 Å². The van der Waals surface area contributed by atoms with Crippen molar-refractivity contribution in [3.8, 4) is 11.1 Å². The molecular weight excluding hydrogens is 222 g/mol. The molecule has 0 amide bonds. The summed E-state index contributed by atoms with van der Waals surface area (Å²) in [6.07, 6.45) is 2.04. The molecule has 0 aliphatic rings. The molecule has 18 heavy (non-hydrogen) atoms. The molecule has 96 valence electrons. The zero-order valence-corrected chi connectivity index (χ0v) is 11.8. The minimum absolute atomic E-state index is 0.00786. The van der Waals surface area contributed by atoms with Crippen molar-refractivity contribution in [2.45, 2.75) is 33.1 Å². The molecule has 0 unspecified atom stereocenters. The third-order valence-corrected chi connectivity index (χ3v) is 3.04. The Morgan fingerprint density at radius 1 is 1.17 bits per heavy atom. The number of aryl methyl sites for hydroxylation is 2. The average molecular weight is 243 g/mol. The van der Waals surface area contributed by atoms with E-state index in [1.54, 1.807) is 0 Å². The first-order chi connectivity index (χ1) is 8.29. The van der Waals surface area contributed by atoms with Crippen LogP contribution in [0.1, 0.15) is 32.0 Å². The minimum atomic E-state index is 0.00786. The van der Waals surface area contributed by atoms with Gasteiger partial charge in [0.2, 0.25) is 0 Å². The molecule has 0 saturated heterocycles. The van der Waals surface area contributed by atoms with Crippen LogP contribution in [-0.2, 0) is 12.5 Å². The van der Waals surface area contributed by atoms with Gasteiger partial charge in [0, 0.05) is 35.5 Å². The van der Waals surface area contributed by atoms with Crippen molar-refractivity contribution in [3.05, 3.63) is 35.7 Å². The predicted molar refractivity (Wildman–Crippen MR) is 76.5 cm³/mol.